The van der Waals surface area contributed by atoms with Gasteiger partial charge in [-0.2, -0.15) is 0 Å². The lowest BCUT2D eigenvalue weighted by molar-refractivity contribution is 0.0995. The molecule has 0 aliphatic heterocycles. The summed E-state index contributed by atoms with van der Waals surface area (Å²) in [5.74, 6) is 1.40. The van der Waals surface area contributed by atoms with Crippen molar-refractivity contribution >= 4 is 23.3 Å². The Kier molecular flexibility index (Phi) is 3.67. The van der Waals surface area contributed by atoms with Crippen molar-refractivity contribution in [3.8, 4) is 0 Å². The van der Waals surface area contributed by atoms with Crippen LogP contribution < -0.4 is 5.32 Å². The third-order valence-electron chi connectivity index (χ3n) is 2.55. The maximum absolute atomic E-state index is 11.9. The molecule has 4 nitrogen and oxygen atoms in total. The highest BCUT2D eigenvalue weighted by Crippen LogP contribution is 2.17. The van der Waals surface area contributed by atoms with Gasteiger partial charge in [0.05, 0.1) is 5.88 Å². The molecule has 5 heteroatoms. The fourth-order valence-corrected chi connectivity index (χ4v) is 1.81. The molecule has 0 fully saturated rings. The number of aryl methyl sites for hydroxylation is 2. The third kappa shape index (κ3) is 2.71. The van der Waals surface area contributed by atoms with Crippen LogP contribution in [0, 0.1) is 13.8 Å². The van der Waals surface area contributed by atoms with Crippen LogP contribution in [-0.2, 0) is 5.88 Å². The van der Waals surface area contributed by atoms with Gasteiger partial charge in [-0.3, -0.25) is 4.79 Å². The topological polar surface area (TPSA) is 55.1 Å². The first-order valence-corrected chi connectivity index (χ1v) is 6.03. The molecule has 0 spiro atoms. The first-order chi connectivity index (χ1) is 8.60. The lowest BCUT2D eigenvalue weighted by Crippen LogP contribution is -2.12. The fourth-order valence-electron chi connectivity index (χ4n) is 1.55. The molecule has 2 aromatic heterocycles. The number of nitrogens with zero attached hydrogens (tertiary/aromatic N) is 1. The zero-order valence-electron chi connectivity index (χ0n) is 10.2. The van der Waals surface area contributed by atoms with E-state index in [0.717, 1.165) is 11.1 Å². The van der Waals surface area contributed by atoms with E-state index in [9.17, 15) is 4.79 Å². The predicted octanol–water partition coefficient (Wildman–Crippen LogP) is 3.28. The molecule has 0 saturated carbocycles. The Morgan fingerprint density at radius 2 is 2.22 bits per heavy atom. The van der Waals surface area contributed by atoms with Crippen molar-refractivity contribution in [3.05, 3.63) is 47.0 Å². The van der Waals surface area contributed by atoms with Crippen LogP contribution in [0.5, 0.6) is 0 Å². The first kappa shape index (κ1) is 12.6. The highest BCUT2D eigenvalue weighted by molar-refractivity contribution is 6.17. The van der Waals surface area contributed by atoms with Crippen LogP contribution in [0.1, 0.15) is 27.4 Å². The average Bonchev–Trinajstić information content (AvgIpc) is 2.70. The number of amides is 1. The number of rotatable bonds is 3. The van der Waals surface area contributed by atoms with Crippen LogP contribution in [0.3, 0.4) is 0 Å². The van der Waals surface area contributed by atoms with Crippen molar-refractivity contribution in [1.29, 1.82) is 0 Å². The van der Waals surface area contributed by atoms with Gasteiger partial charge >= 0.3 is 0 Å². The Morgan fingerprint density at radius 3 is 2.83 bits per heavy atom. The van der Waals surface area contributed by atoms with Gasteiger partial charge in [-0.25, -0.2) is 4.98 Å². The van der Waals surface area contributed by atoms with Crippen molar-refractivity contribution in [2.45, 2.75) is 19.7 Å². The van der Waals surface area contributed by atoms with E-state index in [-0.39, 0.29) is 11.7 Å². The number of furan rings is 1. The molecule has 2 heterocycles. The van der Waals surface area contributed by atoms with Crippen LogP contribution in [0.4, 0.5) is 5.82 Å². The van der Waals surface area contributed by atoms with Gasteiger partial charge in [0, 0.05) is 11.8 Å². The van der Waals surface area contributed by atoms with Gasteiger partial charge in [0.2, 0.25) is 0 Å². The van der Waals surface area contributed by atoms with E-state index in [1.807, 2.05) is 13.0 Å². The molecule has 0 unspecified atom stereocenters. The third-order valence-corrected chi connectivity index (χ3v) is 2.83. The molecular formula is C13H13ClN2O2. The summed E-state index contributed by atoms with van der Waals surface area (Å²) in [4.78, 5) is 16.0. The van der Waals surface area contributed by atoms with Crippen molar-refractivity contribution in [1.82, 2.24) is 4.98 Å². The number of carbonyl (C=O) groups is 1. The Morgan fingerprint density at radius 1 is 1.44 bits per heavy atom. The van der Waals surface area contributed by atoms with Gasteiger partial charge in [0.1, 0.15) is 11.6 Å². The quantitative estimate of drug-likeness (QED) is 0.866. The summed E-state index contributed by atoms with van der Waals surface area (Å²) >= 11 is 5.73. The normalized spacial score (nSPS) is 10.4. The van der Waals surface area contributed by atoms with Gasteiger partial charge < -0.3 is 9.73 Å². The largest absolute Gasteiger partial charge is 0.456 e. The van der Waals surface area contributed by atoms with Crippen molar-refractivity contribution in [2.24, 2.45) is 0 Å². The Bertz CT molecular complexity index is 578. The number of hydrogen-bond donors (Lipinski definition) is 1. The maximum Gasteiger partial charge on any atom is 0.292 e. The van der Waals surface area contributed by atoms with Crippen LogP contribution >= 0.6 is 11.6 Å². The second-order valence-corrected chi connectivity index (χ2v) is 4.27. The highest BCUT2D eigenvalue weighted by Gasteiger charge is 2.14. The molecule has 94 valence electrons. The monoisotopic (exact) mass is 264 g/mol. The maximum atomic E-state index is 11.9. The van der Waals surface area contributed by atoms with E-state index in [1.165, 1.54) is 0 Å². The molecule has 0 aliphatic rings. The molecule has 0 aliphatic carbocycles. The van der Waals surface area contributed by atoms with Gasteiger partial charge in [0.25, 0.3) is 5.91 Å². The second-order valence-electron chi connectivity index (χ2n) is 4.00. The Hall–Kier alpha value is -1.81. The summed E-state index contributed by atoms with van der Waals surface area (Å²) in [6, 6.07) is 5.29. The summed E-state index contributed by atoms with van der Waals surface area (Å²) in [5, 5.41) is 2.68. The molecule has 18 heavy (non-hydrogen) atoms. The number of alkyl halides is 1. The van der Waals surface area contributed by atoms with E-state index in [1.54, 1.807) is 25.3 Å². The van der Waals surface area contributed by atoms with E-state index in [0.29, 0.717) is 17.5 Å². The molecule has 0 aromatic carbocycles. The standard InChI is InChI=1S/C13H13ClN2O2/c1-8-3-4-15-12(5-8)16-13(17)11-6-10(7-14)9(2)18-11/h3-6H,7H2,1-2H3,(H,15,16,17). The van der Waals surface area contributed by atoms with Gasteiger partial charge in [-0.15, -0.1) is 11.6 Å². The lowest BCUT2D eigenvalue weighted by atomic mass is 10.2. The SMILES string of the molecule is Cc1ccnc(NC(=O)c2cc(CCl)c(C)o2)c1. The van der Waals surface area contributed by atoms with Gasteiger partial charge in [0.15, 0.2) is 5.76 Å². The van der Waals surface area contributed by atoms with Crippen molar-refractivity contribution in [3.63, 3.8) is 0 Å². The zero-order chi connectivity index (χ0) is 13.1. The van der Waals surface area contributed by atoms with E-state index in [4.69, 9.17) is 16.0 Å². The summed E-state index contributed by atoms with van der Waals surface area (Å²) in [7, 11) is 0. The fraction of sp³-hybridized carbons (Fsp3) is 0.231. The van der Waals surface area contributed by atoms with Gasteiger partial charge in [-0.1, -0.05) is 0 Å². The summed E-state index contributed by atoms with van der Waals surface area (Å²) in [5.41, 5.74) is 1.84. The number of pyridine rings is 1. The van der Waals surface area contributed by atoms with E-state index >= 15 is 0 Å². The number of halogens is 1. The van der Waals surface area contributed by atoms with E-state index < -0.39 is 0 Å². The average molecular weight is 265 g/mol. The van der Waals surface area contributed by atoms with Crippen molar-refractivity contribution < 1.29 is 9.21 Å². The number of hydrogen-bond acceptors (Lipinski definition) is 3. The Labute approximate surface area is 110 Å². The molecule has 0 radical (unpaired) electrons. The highest BCUT2D eigenvalue weighted by atomic mass is 35.5. The van der Waals surface area contributed by atoms with E-state index in [2.05, 4.69) is 10.3 Å². The minimum atomic E-state index is -0.326. The predicted molar refractivity (Wildman–Crippen MR) is 69.9 cm³/mol. The van der Waals surface area contributed by atoms with Crippen molar-refractivity contribution in [2.75, 3.05) is 5.32 Å². The van der Waals surface area contributed by atoms with Crippen LogP contribution in [0.2, 0.25) is 0 Å². The zero-order valence-corrected chi connectivity index (χ0v) is 10.9. The second kappa shape index (κ2) is 5.23. The molecule has 2 rings (SSSR count). The molecular weight excluding hydrogens is 252 g/mol. The summed E-state index contributed by atoms with van der Waals surface area (Å²) in [6.07, 6.45) is 1.64. The molecule has 0 bridgehead atoms. The van der Waals surface area contributed by atoms with Crippen LogP contribution in [-0.4, -0.2) is 10.9 Å². The summed E-state index contributed by atoms with van der Waals surface area (Å²) < 4.78 is 5.35. The smallest absolute Gasteiger partial charge is 0.292 e. The van der Waals surface area contributed by atoms with Crippen LogP contribution in [0.25, 0.3) is 0 Å². The first-order valence-electron chi connectivity index (χ1n) is 5.49. The van der Waals surface area contributed by atoms with Gasteiger partial charge in [-0.05, 0) is 37.6 Å². The Balaban J connectivity index is 2.16. The molecule has 0 atom stereocenters. The minimum Gasteiger partial charge on any atom is -0.456 e. The number of carbonyl (C=O) groups excluding carboxylic acids is 1. The van der Waals surface area contributed by atoms with Crippen LogP contribution in [0.15, 0.2) is 28.8 Å². The number of nitrogens with one attached hydrogen (secondary N) is 1. The minimum absolute atomic E-state index is 0.242. The summed E-state index contributed by atoms with van der Waals surface area (Å²) in [6.45, 7) is 3.71. The number of aromatic nitrogens is 1. The lowest BCUT2D eigenvalue weighted by Gasteiger charge is -2.02. The molecule has 0 saturated heterocycles. The molecule has 2 aromatic rings. The molecule has 1 amide bonds. The number of anilines is 1. The molecule has 1 N–H and O–H groups in total.